The van der Waals surface area contributed by atoms with E-state index in [1.54, 1.807) is 12.1 Å². The third-order valence-electron chi connectivity index (χ3n) is 4.89. The van der Waals surface area contributed by atoms with Crippen molar-refractivity contribution < 1.29 is 12.8 Å². The average Bonchev–Trinajstić information content (AvgIpc) is 3.08. The molecule has 0 radical (unpaired) electrons. The van der Waals surface area contributed by atoms with E-state index in [0.29, 0.717) is 12.5 Å². The van der Waals surface area contributed by atoms with Gasteiger partial charge < -0.3 is 4.42 Å². The highest BCUT2D eigenvalue weighted by Gasteiger charge is 2.36. The number of benzene rings is 1. The molecular formula is C18H24N2O3S. The molecule has 0 bridgehead atoms. The van der Waals surface area contributed by atoms with Crippen molar-refractivity contribution in [3.63, 3.8) is 0 Å². The lowest BCUT2D eigenvalue weighted by atomic mass is 10.1. The number of hydrogen-bond donors (Lipinski definition) is 1. The molecular weight excluding hydrogens is 324 g/mol. The maximum absolute atomic E-state index is 11.5. The van der Waals surface area contributed by atoms with Crippen LogP contribution in [0.5, 0.6) is 0 Å². The molecule has 6 heteroatoms. The van der Waals surface area contributed by atoms with Gasteiger partial charge in [0.25, 0.3) is 0 Å². The van der Waals surface area contributed by atoms with Gasteiger partial charge in [-0.05, 0) is 56.1 Å². The van der Waals surface area contributed by atoms with Crippen LogP contribution in [0.15, 0.2) is 45.7 Å². The van der Waals surface area contributed by atoms with Crippen molar-refractivity contribution in [3.8, 4) is 0 Å². The highest BCUT2D eigenvalue weighted by atomic mass is 32.2. The van der Waals surface area contributed by atoms with Crippen molar-refractivity contribution in [2.75, 3.05) is 7.05 Å². The first kappa shape index (κ1) is 17.2. The van der Waals surface area contributed by atoms with Crippen LogP contribution >= 0.6 is 0 Å². The summed E-state index contributed by atoms with van der Waals surface area (Å²) in [5.74, 6) is 3.31. The van der Waals surface area contributed by atoms with Gasteiger partial charge in [-0.3, -0.25) is 4.90 Å². The number of furan rings is 1. The predicted octanol–water partition coefficient (Wildman–Crippen LogP) is 3.24. The van der Waals surface area contributed by atoms with Gasteiger partial charge in [0.15, 0.2) is 0 Å². The molecule has 0 unspecified atom stereocenters. The van der Waals surface area contributed by atoms with Crippen molar-refractivity contribution in [1.29, 1.82) is 0 Å². The fraction of sp³-hybridized carbons (Fsp3) is 0.444. The Balaban J connectivity index is 1.70. The van der Waals surface area contributed by atoms with Crippen LogP contribution in [0.1, 0.15) is 49.3 Å². The lowest BCUT2D eigenvalue weighted by Gasteiger charge is -2.24. The van der Waals surface area contributed by atoms with Crippen LogP contribution in [0, 0.1) is 5.92 Å². The maximum atomic E-state index is 11.5. The molecule has 2 N–H and O–H groups in total. The molecule has 1 aromatic heterocycles. The molecule has 24 heavy (non-hydrogen) atoms. The van der Waals surface area contributed by atoms with E-state index < -0.39 is 10.0 Å². The minimum absolute atomic E-state index is 0.0418. The molecule has 3 atom stereocenters. The molecule has 1 aromatic carbocycles. The summed E-state index contributed by atoms with van der Waals surface area (Å²) in [4.78, 5) is 2.27. The largest absolute Gasteiger partial charge is 0.464 e. The van der Waals surface area contributed by atoms with Crippen LogP contribution in [-0.2, 0) is 16.6 Å². The van der Waals surface area contributed by atoms with E-state index in [4.69, 9.17) is 9.56 Å². The number of primary sulfonamides is 1. The van der Waals surface area contributed by atoms with Crippen molar-refractivity contribution in [1.82, 2.24) is 4.90 Å². The van der Waals surface area contributed by atoms with E-state index in [2.05, 4.69) is 17.9 Å². The van der Waals surface area contributed by atoms with Crippen LogP contribution in [0.3, 0.4) is 0 Å². The summed E-state index contributed by atoms with van der Waals surface area (Å²) in [5.41, 5.74) is 0.909. The lowest BCUT2D eigenvalue weighted by Crippen LogP contribution is -2.22. The van der Waals surface area contributed by atoms with E-state index in [9.17, 15) is 8.42 Å². The van der Waals surface area contributed by atoms with E-state index in [-0.39, 0.29) is 10.9 Å². The summed E-state index contributed by atoms with van der Waals surface area (Å²) >= 11 is 0. The second-order valence-corrected chi connectivity index (χ2v) is 8.39. The summed E-state index contributed by atoms with van der Waals surface area (Å²) in [6.07, 6.45) is 1.21. The van der Waals surface area contributed by atoms with Gasteiger partial charge in [0, 0.05) is 12.0 Å². The molecule has 1 saturated carbocycles. The Kier molecular flexibility index (Phi) is 4.55. The number of nitrogens with zero attached hydrogens (tertiary/aromatic N) is 1. The summed E-state index contributed by atoms with van der Waals surface area (Å²) in [7, 11) is -1.69. The number of rotatable bonds is 6. The molecule has 3 rings (SSSR count). The minimum Gasteiger partial charge on any atom is -0.464 e. The molecule has 5 nitrogen and oxygen atoms in total. The zero-order valence-electron chi connectivity index (χ0n) is 14.3. The number of sulfonamides is 1. The highest BCUT2D eigenvalue weighted by Crippen LogP contribution is 2.47. The van der Waals surface area contributed by atoms with Crippen LogP contribution < -0.4 is 5.14 Å². The molecule has 0 spiro atoms. The van der Waals surface area contributed by atoms with E-state index in [0.717, 1.165) is 23.0 Å². The third-order valence-corrected chi connectivity index (χ3v) is 5.80. The van der Waals surface area contributed by atoms with E-state index in [1.165, 1.54) is 12.5 Å². The summed E-state index contributed by atoms with van der Waals surface area (Å²) in [6.45, 7) is 4.94. The Morgan fingerprint density at radius 1 is 1.33 bits per heavy atom. The van der Waals surface area contributed by atoms with Gasteiger partial charge in [-0.2, -0.15) is 0 Å². The first-order chi connectivity index (χ1) is 11.3. The van der Waals surface area contributed by atoms with Crippen LogP contribution in [-0.4, -0.2) is 20.4 Å². The quantitative estimate of drug-likeness (QED) is 0.869. The number of hydrogen-bond acceptors (Lipinski definition) is 4. The van der Waals surface area contributed by atoms with Gasteiger partial charge in [-0.25, -0.2) is 13.6 Å². The number of nitrogens with two attached hydrogens (primary N) is 1. The minimum atomic E-state index is -3.68. The Morgan fingerprint density at radius 2 is 2.04 bits per heavy atom. The summed E-state index contributed by atoms with van der Waals surface area (Å²) in [5, 5.41) is 5.22. The molecule has 1 heterocycles. The fourth-order valence-electron chi connectivity index (χ4n) is 2.99. The monoisotopic (exact) mass is 348 g/mol. The average molecular weight is 348 g/mol. The van der Waals surface area contributed by atoms with Crippen molar-refractivity contribution in [2.45, 2.75) is 43.7 Å². The third kappa shape index (κ3) is 3.71. The van der Waals surface area contributed by atoms with Gasteiger partial charge >= 0.3 is 0 Å². The normalized spacial score (nSPS) is 21.9. The van der Waals surface area contributed by atoms with Gasteiger partial charge in [0.05, 0.1) is 11.4 Å². The predicted molar refractivity (Wildman–Crippen MR) is 92.9 cm³/mol. The molecule has 1 fully saturated rings. The molecule has 0 aliphatic heterocycles. The summed E-state index contributed by atoms with van der Waals surface area (Å²) in [6, 6.07) is 10.9. The van der Waals surface area contributed by atoms with Crippen molar-refractivity contribution >= 4 is 10.0 Å². The molecule has 0 amide bonds. The maximum Gasteiger partial charge on any atom is 0.238 e. The Bertz CT molecular complexity index is 828. The first-order valence-electron chi connectivity index (χ1n) is 8.17. The van der Waals surface area contributed by atoms with Gasteiger partial charge in [0.2, 0.25) is 10.0 Å². The standard InChI is InChI=1S/C18H24N2O3S/c1-12-9-17(12)18-8-7-15(23-18)11-20(3)13(2)14-5-4-6-16(10-14)24(19,21)22/h4-8,10,12-13,17H,9,11H2,1-3H3,(H2,19,21,22)/t12-,13-,17-/m1/s1. The van der Waals surface area contributed by atoms with Gasteiger partial charge in [-0.1, -0.05) is 19.1 Å². The zero-order chi connectivity index (χ0) is 17.5. The van der Waals surface area contributed by atoms with Crippen molar-refractivity contribution in [2.24, 2.45) is 11.1 Å². The molecule has 130 valence electrons. The van der Waals surface area contributed by atoms with E-state index in [1.807, 2.05) is 26.1 Å². The lowest BCUT2D eigenvalue weighted by molar-refractivity contribution is 0.230. The zero-order valence-corrected chi connectivity index (χ0v) is 15.1. The second kappa shape index (κ2) is 6.35. The topological polar surface area (TPSA) is 76.5 Å². The van der Waals surface area contributed by atoms with Gasteiger partial charge in [0.1, 0.15) is 11.5 Å². The van der Waals surface area contributed by atoms with Gasteiger partial charge in [-0.15, -0.1) is 0 Å². The Morgan fingerprint density at radius 3 is 2.67 bits per heavy atom. The summed E-state index contributed by atoms with van der Waals surface area (Å²) < 4.78 is 29.0. The fourth-order valence-corrected chi connectivity index (χ4v) is 3.55. The molecule has 1 aliphatic carbocycles. The van der Waals surface area contributed by atoms with E-state index >= 15 is 0 Å². The molecule has 2 aromatic rings. The van der Waals surface area contributed by atoms with Crippen LogP contribution in [0.25, 0.3) is 0 Å². The smallest absolute Gasteiger partial charge is 0.238 e. The highest BCUT2D eigenvalue weighted by molar-refractivity contribution is 7.89. The Labute approximate surface area is 143 Å². The van der Waals surface area contributed by atoms with Crippen molar-refractivity contribution in [3.05, 3.63) is 53.5 Å². The van der Waals surface area contributed by atoms with Crippen LogP contribution in [0.4, 0.5) is 0 Å². The van der Waals surface area contributed by atoms with Crippen LogP contribution in [0.2, 0.25) is 0 Å². The molecule has 0 saturated heterocycles. The Hall–Kier alpha value is -1.63. The first-order valence-corrected chi connectivity index (χ1v) is 9.72. The molecule has 1 aliphatic rings. The second-order valence-electron chi connectivity index (χ2n) is 6.83. The SMILES string of the molecule is C[C@@H]1C[C@H]1c1ccc(CN(C)[C@H](C)c2cccc(S(N)(=O)=O)c2)o1.